The highest BCUT2D eigenvalue weighted by atomic mass is 79.9. The SMILES string of the molecule is CC1=C(C)C2C(C)C1C1C(=O)N(C)C(=O)C21.O=C(Br)c1ccccc1. The lowest BCUT2D eigenvalue weighted by Crippen LogP contribution is -2.30. The van der Waals surface area contributed by atoms with E-state index in [1.807, 2.05) is 18.2 Å². The zero-order chi connectivity index (χ0) is 18.5. The number of amides is 2. The average Bonchev–Trinajstić information content (AvgIpc) is 3.10. The standard InChI is InChI=1S/C13H17NO2.C7H5BrO/c1-5-6(2)9-7(3)8(5)10-11(9)13(16)14(4)12(10)15;8-7(9)6-4-2-1-3-5-6/h7-11H,1-4H3;1-5H. The Bertz CT molecular complexity index is 732. The number of benzene rings is 1. The van der Waals surface area contributed by atoms with Crippen LogP contribution in [0.4, 0.5) is 0 Å². The van der Waals surface area contributed by atoms with E-state index in [4.69, 9.17) is 0 Å². The average molecular weight is 404 g/mol. The van der Waals surface area contributed by atoms with Gasteiger partial charge in [-0.25, -0.2) is 0 Å². The summed E-state index contributed by atoms with van der Waals surface area (Å²) >= 11 is 2.84. The summed E-state index contributed by atoms with van der Waals surface area (Å²) in [5, 5.41) is 0. The number of allylic oxidation sites excluding steroid dienone is 2. The van der Waals surface area contributed by atoms with Crippen LogP contribution in [0.25, 0.3) is 0 Å². The molecule has 1 aromatic rings. The minimum atomic E-state index is -0.0666. The topological polar surface area (TPSA) is 54.5 Å². The number of hydrogen-bond donors (Lipinski definition) is 0. The Labute approximate surface area is 156 Å². The first kappa shape index (κ1) is 18.1. The molecule has 1 saturated carbocycles. The van der Waals surface area contributed by atoms with Crippen LogP contribution in [0.2, 0.25) is 0 Å². The van der Waals surface area contributed by atoms with Crippen LogP contribution < -0.4 is 0 Å². The van der Waals surface area contributed by atoms with Crippen molar-refractivity contribution in [2.45, 2.75) is 20.8 Å². The maximum atomic E-state index is 12.1. The summed E-state index contributed by atoms with van der Waals surface area (Å²) in [7, 11) is 1.62. The number of likely N-dealkylation sites (tertiary alicyclic amines) is 1. The number of carbonyl (C=O) groups is 3. The normalized spacial score (nSPS) is 32.7. The predicted octanol–water partition coefficient (Wildman–Crippen LogP) is 3.67. The maximum Gasteiger partial charge on any atom is 0.233 e. The molecule has 0 aromatic heterocycles. The van der Waals surface area contributed by atoms with Gasteiger partial charge < -0.3 is 0 Å². The van der Waals surface area contributed by atoms with Gasteiger partial charge in [0.15, 0.2) is 0 Å². The quantitative estimate of drug-likeness (QED) is 0.408. The summed E-state index contributed by atoms with van der Waals surface area (Å²) in [5.74, 6) is 1.08. The predicted molar refractivity (Wildman–Crippen MR) is 99.0 cm³/mol. The lowest BCUT2D eigenvalue weighted by molar-refractivity contribution is -0.139. The van der Waals surface area contributed by atoms with Gasteiger partial charge in [0.1, 0.15) is 0 Å². The molecule has 25 heavy (non-hydrogen) atoms. The Kier molecular flexibility index (Phi) is 4.71. The van der Waals surface area contributed by atoms with Gasteiger partial charge in [-0.3, -0.25) is 19.3 Å². The van der Waals surface area contributed by atoms with Crippen molar-refractivity contribution in [1.29, 1.82) is 0 Å². The smallest absolute Gasteiger partial charge is 0.233 e. The summed E-state index contributed by atoms with van der Waals surface area (Å²) in [6.45, 7) is 6.44. The first-order valence-corrected chi connectivity index (χ1v) is 9.30. The fraction of sp³-hybridized carbons (Fsp3) is 0.450. The molecule has 2 bridgehead atoms. The molecule has 1 aliphatic heterocycles. The van der Waals surface area contributed by atoms with Crippen LogP contribution in [0.15, 0.2) is 41.5 Å². The lowest BCUT2D eigenvalue weighted by atomic mass is 9.78. The molecule has 0 N–H and O–H groups in total. The fourth-order valence-corrected chi connectivity index (χ4v) is 5.18. The fourth-order valence-electron chi connectivity index (χ4n) is 4.92. The Morgan fingerprint density at radius 1 is 0.920 bits per heavy atom. The van der Waals surface area contributed by atoms with Gasteiger partial charge >= 0.3 is 0 Å². The van der Waals surface area contributed by atoms with Crippen LogP contribution in [0.1, 0.15) is 31.1 Å². The van der Waals surface area contributed by atoms with E-state index in [-0.39, 0.29) is 28.3 Å². The van der Waals surface area contributed by atoms with Crippen molar-refractivity contribution in [3.8, 4) is 0 Å². The van der Waals surface area contributed by atoms with Gasteiger partial charge in [-0.2, -0.15) is 0 Å². The third kappa shape index (κ3) is 2.69. The van der Waals surface area contributed by atoms with Crippen molar-refractivity contribution in [3.63, 3.8) is 0 Å². The number of carbonyl (C=O) groups excluding carboxylic acids is 3. The van der Waals surface area contributed by atoms with Crippen LogP contribution >= 0.6 is 15.9 Å². The highest BCUT2D eigenvalue weighted by molar-refractivity contribution is 9.18. The molecule has 2 aliphatic carbocycles. The number of halogens is 1. The van der Waals surface area contributed by atoms with Crippen molar-refractivity contribution in [3.05, 3.63) is 47.0 Å². The first-order valence-electron chi connectivity index (χ1n) is 8.51. The van der Waals surface area contributed by atoms with Crippen LogP contribution in [-0.4, -0.2) is 28.5 Å². The molecule has 0 spiro atoms. The summed E-state index contributed by atoms with van der Waals surface area (Å²) in [5.41, 5.74) is 3.41. The number of fused-ring (bicyclic) bond motifs is 5. The Morgan fingerprint density at radius 3 is 1.72 bits per heavy atom. The second-order valence-corrected chi connectivity index (χ2v) is 7.92. The van der Waals surface area contributed by atoms with Crippen molar-refractivity contribution >= 4 is 32.4 Å². The Morgan fingerprint density at radius 2 is 1.36 bits per heavy atom. The molecule has 1 heterocycles. The van der Waals surface area contributed by atoms with E-state index >= 15 is 0 Å². The van der Waals surface area contributed by atoms with E-state index in [1.165, 1.54) is 16.0 Å². The molecule has 4 nitrogen and oxygen atoms in total. The molecule has 4 rings (SSSR count). The zero-order valence-corrected chi connectivity index (χ0v) is 16.4. The molecule has 2 fully saturated rings. The van der Waals surface area contributed by atoms with Crippen molar-refractivity contribution in [1.82, 2.24) is 4.90 Å². The van der Waals surface area contributed by atoms with Gasteiger partial charge in [-0.1, -0.05) is 48.4 Å². The van der Waals surface area contributed by atoms with E-state index in [0.29, 0.717) is 23.3 Å². The molecule has 1 saturated heterocycles. The number of hydrogen-bond acceptors (Lipinski definition) is 3. The second-order valence-electron chi connectivity index (χ2n) is 7.20. The molecule has 4 unspecified atom stereocenters. The summed E-state index contributed by atoms with van der Waals surface area (Å²) in [6, 6.07) is 9.05. The van der Waals surface area contributed by atoms with Gasteiger partial charge in [0.2, 0.25) is 16.5 Å². The highest BCUT2D eigenvalue weighted by Gasteiger charge is 2.64. The molecule has 1 aromatic carbocycles. The third-order valence-corrected chi connectivity index (χ3v) is 6.61. The highest BCUT2D eigenvalue weighted by Crippen LogP contribution is 2.61. The molecule has 5 heteroatoms. The lowest BCUT2D eigenvalue weighted by Gasteiger charge is -2.22. The number of nitrogens with zero attached hydrogens (tertiary/aromatic N) is 1. The van der Waals surface area contributed by atoms with Gasteiger partial charge in [0.05, 0.1) is 11.8 Å². The maximum absolute atomic E-state index is 12.1. The monoisotopic (exact) mass is 403 g/mol. The van der Waals surface area contributed by atoms with Gasteiger partial charge in [-0.05, 0) is 47.5 Å². The Balaban J connectivity index is 0.000000173. The van der Waals surface area contributed by atoms with Gasteiger partial charge in [0, 0.05) is 12.6 Å². The minimum absolute atomic E-state index is 0.0428. The first-order chi connectivity index (χ1) is 11.8. The van der Waals surface area contributed by atoms with Gasteiger partial charge in [-0.15, -0.1) is 0 Å². The second kappa shape index (κ2) is 6.52. The summed E-state index contributed by atoms with van der Waals surface area (Å²) in [6.07, 6.45) is 0. The van der Waals surface area contributed by atoms with E-state index in [0.717, 1.165) is 0 Å². The Hall–Kier alpha value is -1.75. The summed E-state index contributed by atoms with van der Waals surface area (Å²) < 4.78 is -0.0666. The number of rotatable bonds is 1. The van der Waals surface area contributed by atoms with Crippen LogP contribution in [0.5, 0.6) is 0 Å². The largest absolute Gasteiger partial charge is 0.285 e. The van der Waals surface area contributed by atoms with E-state index < -0.39 is 0 Å². The van der Waals surface area contributed by atoms with Crippen molar-refractivity contribution in [2.24, 2.45) is 29.6 Å². The molecule has 0 radical (unpaired) electrons. The minimum Gasteiger partial charge on any atom is -0.285 e. The van der Waals surface area contributed by atoms with Crippen molar-refractivity contribution < 1.29 is 14.4 Å². The zero-order valence-electron chi connectivity index (χ0n) is 14.8. The molecule has 4 atom stereocenters. The molecule has 3 aliphatic rings. The number of imide groups is 1. The van der Waals surface area contributed by atoms with E-state index in [9.17, 15) is 14.4 Å². The van der Waals surface area contributed by atoms with Crippen LogP contribution in [-0.2, 0) is 9.59 Å². The molecular formula is C20H22BrNO3. The molecule has 132 valence electrons. The van der Waals surface area contributed by atoms with Gasteiger partial charge in [0.25, 0.3) is 0 Å². The van der Waals surface area contributed by atoms with Crippen LogP contribution in [0, 0.1) is 29.6 Å². The molecular weight excluding hydrogens is 382 g/mol. The third-order valence-electron chi connectivity index (χ3n) is 6.15. The molecule has 2 amide bonds. The van der Waals surface area contributed by atoms with Crippen molar-refractivity contribution in [2.75, 3.05) is 7.05 Å². The van der Waals surface area contributed by atoms with E-state index in [1.54, 1.807) is 19.2 Å². The summed E-state index contributed by atoms with van der Waals surface area (Å²) in [4.78, 5) is 36.0. The van der Waals surface area contributed by atoms with E-state index in [2.05, 4.69) is 36.7 Å². The van der Waals surface area contributed by atoms with Crippen LogP contribution in [0.3, 0.4) is 0 Å².